The fraction of sp³-hybridized carbons (Fsp3) is 0.250. The van der Waals surface area contributed by atoms with E-state index in [0.29, 0.717) is 5.69 Å². The lowest BCUT2D eigenvalue weighted by Gasteiger charge is -2.15. The summed E-state index contributed by atoms with van der Waals surface area (Å²) in [6.45, 7) is 0. The molecule has 0 aliphatic carbocycles. The molecule has 0 saturated carbocycles. The molecule has 16 heavy (non-hydrogen) atoms. The van der Waals surface area contributed by atoms with Gasteiger partial charge in [0.25, 0.3) is 5.69 Å². The summed E-state index contributed by atoms with van der Waals surface area (Å²) in [6.07, 6.45) is 0. The van der Waals surface area contributed by atoms with E-state index in [4.69, 9.17) is 0 Å². The van der Waals surface area contributed by atoms with E-state index in [1.165, 1.54) is 38.5 Å². The third kappa shape index (κ3) is 3.03. The van der Waals surface area contributed by atoms with Crippen LogP contribution in [0.1, 0.15) is 0 Å². The van der Waals surface area contributed by atoms with Gasteiger partial charge in [-0.15, -0.1) is 0 Å². The predicted molar refractivity (Wildman–Crippen MR) is 58.3 cm³/mol. The van der Waals surface area contributed by atoms with Crippen LogP contribution in [0.3, 0.4) is 0 Å². The van der Waals surface area contributed by atoms with Crippen LogP contribution in [0.25, 0.3) is 0 Å². The van der Waals surface area contributed by atoms with E-state index in [1.54, 1.807) is 0 Å². The molecule has 1 aromatic carbocycles. The summed E-state index contributed by atoms with van der Waals surface area (Å²) in [5.41, 5.74) is 0.368. The van der Waals surface area contributed by atoms with Gasteiger partial charge in [0.15, 0.2) is 0 Å². The Bertz CT molecular complexity index is 411. The Hall–Kier alpha value is -1.43. The molecule has 0 amide bonds. The average molecular weight is 246 g/mol. The highest BCUT2D eigenvalue weighted by atomic mass is 31.2. The van der Waals surface area contributed by atoms with E-state index >= 15 is 0 Å². The molecule has 0 atom stereocenters. The Kier molecular flexibility index (Phi) is 4.00. The molecule has 8 heteroatoms. The molecule has 0 radical (unpaired) electrons. The van der Waals surface area contributed by atoms with Gasteiger partial charge in [0.05, 0.1) is 4.92 Å². The van der Waals surface area contributed by atoms with Crippen molar-refractivity contribution in [3.8, 4) is 0 Å². The molecule has 0 aromatic heterocycles. The molecule has 0 bridgehead atoms. The monoisotopic (exact) mass is 246 g/mol. The van der Waals surface area contributed by atoms with Crippen molar-refractivity contribution in [2.45, 2.75) is 0 Å². The first-order valence-electron chi connectivity index (χ1n) is 4.25. The highest BCUT2D eigenvalue weighted by Gasteiger charge is 2.20. The Morgan fingerprint density at radius 3 is 2.12 bits per heavy atom. The van der Waals surface area contributed by atoms with Crippen LogP contribution in [-0.4, -0.2) is 19.1 Å². The summed E-state index contributed by atoms with van der Waals surface area (Å²) in [5.74, 6) is 0. The first-order valence-corrected chi connectivity index (χ1v) is 5.79. The molecule has 0 fully saturated rings. The molecule has 7 nitrogen and oxygen atoms in total. The van der Waals surface area contributed by atoms with E-state index in [9.17, 15) is 14.7 Å². The number of benzene rings is 1. The number of nitrogens with zero attached hydrogens (tertiary/aromatic N) is 1. The zero-order chi connectivity index (χ0) is 12.2. The number of hydrogen-bond acceptors (Lipinski definition) is 5. The molecule has 1 aromatic rings. The number of hydrogen-bond donors (Lipinski definition) is 1. The second-order valence-corrected chi connectivity index (χ2v) is 4.73. The molecule has 1 rings (SSSR count). The minimum absolute atomic E-state index is 0.0461. The van der Waals surface area contributed by atoms with Gasteiger partial charge in [-0.25, -0.2) is 4.57 Å². The molecule has 0 heterocycles. The van der Waals surface area contributed by atoms with Gasteiger partial charge in [-0.2, -0.15) is 0 Å². The number of nitro groups is 1. The minimum Gasteiger partial charge on any atom is -0.296 e. The van der Waals surface area contributed by atoms with Crippen LogP contribution in [-0.2, 0) is 13.6 Å². The molecule has 0 spiro atoms. The first-order chi connectivity index (χ1) is 7.50. The predicted octanol–water partition coefficient (Wildman–Crippen LogP) is 2.41. The van der Waals surface area contributed by atoms with Crippen molar-refractivity contribution in [2.75, 3.05) is 19.3 Å². The lowest BCUT2D eigenvalue weighted by molar-refractivity contribution is -0.384. The number of non-ortho nitro benzene ring substituents is 1. The normalized spacial score (nSPS) is 11.1. The third-order valence-corrected chi connectivity index (χ3v) is 3.32. The van der Waals surface area contributed by atoms with Crippen molar-refractivity contribution in [1.29, 1.82) is 0 Å². The van der Waals surface area contributed by atoms with E-state index in [2.05, 4.69) is 14.1 Å². The van der Waals surface area contributed by atoms with E-state index < -0.39 is 12.7 Å². The summed E-state index contributed by atoms with van der Waals surface area (Å²) in [4.78, 5) is 9.87. The number of anilines is 1. The van der Waals surface area contributed by atoms with Crippen LogP contribution in [0, 0.1) is 10.1 Å². The number of nitrogens with one attached hydrogen (secondary N) is 1. The third-order valence-electron chi connectivity index (χ3n) is 1.82. The second-order valence-electron chi connectivity index (χ2n) is 2.78. The van der Waals surface area contributed by atoms with Crippen LogP contribution in [0.15, 0.2) is 24.3 Å². The van der Waals surface area contributed by atoms with Gasteiger partial charge in [-0.05, 0) is 12.1 Å². The van der Waals surface area contributed by atoms with Gasteiger partial charge >= 0.3 is 7.75 Å². The van der Waals surface area contributed by atoms with Crippen molar-refractivity contribution in [1.82, 2.24) is 0 Å². The zero-order valence-corrected chi connectivity index (χ0v) is 9.64. The van der Waals surface area contributed by atoms with E-state index in [1.807, 2.05) is 0 Å². The fourth-order valence-corrected chi connectivity index (χ4v) is 1.78. The fourth-order valence-electron chi connectivity index (χ4n) is 0.982. The quantitative estimate of drug-likeness (QED) is 0.487. The summed E-state index contributed by atoms with van der Waals surface area (Å²) < 4.78 is 21.0. The average Bonchev–Trinajstić information content (AvgIpc) is 2.29. The van der Waals surface area contributed by atoms with Gasteiger partial charge in [0.1, 0.15) is 0 Å². The smallest absolute Gasteiger partial charge is 0.296 e. The second kappa shape index (κ2) is 5.07. The largest absolute Gasteiger partial charge is 0.432 e. The van der Waals surface area contributed by atoms with Crippen LogP contribution in [0.2, 0.25) is 0 Å². The topological polar surface area (TPSA) is 90.7 Å². The molecule has 0 aliphatic rings. The van der Waals surface area contributed by atoms with Gasteiger partial charge in [0.2, 0.25) is 0 Å². The maximum absolute atomic E-state index is 11.6. The highest BCUT2D eigenvalue weighted by molar-refractivity contribution is 7.55. The van der Waals surface area contributed by atoms with E-state index in [0.717, 1.165) is 0 Å². The Morgan fingerprint density at radius 1 is 1.25 bits per heavy atom. The Balaban J connectivity index is 2.83. The molecule has 0 unspecified atom stereocenters. The summed E-state index contributed by atoms with van der Waals surface area (Å²) in [5, 5.41) is 12.9. The SMILES string of the molecule is COP(=O)(Nc1ccc([N+](=O)[O-])cc1)OC. The summed E-state index contributed by atoms with van der Waals surface area (Å²) in [7, 11) is -0.884. The van der Waals surface area contributed by atoms with Gasteiger partial charge < -0.3 is 0 Å². The summed E-state index contributed by atoms with van der Waals surface area (Å²) in [6, 6.07) is 5.42. The van der Waals surface area contributed by atoms with E-state index in [-0.39, 0.29) is 5.69 Å². The molecule has 0 aliphatic heterocycles. The van der Waals surface area contributed by atoms with Crippen molar-refractivity contribution in [2.24, 2.45) is 0 Å². The molecular formula is C8H11N2O5P. The standard InChI is InChI=1S/C8H11N2O5P/c1-14-16(13,15-2)9-7-3-5-8(6-4-7)10(11)12/h3-6H,1-2H3,(H,9,13). The maximum Gasteiger partial charge on any atom is 0.432 e. The Morgan fingerprint density at radius 2 is 1.75 bits per heavy atom. The van der Waals surface area contributed by atoms with Crippen LogP contribution in [0.5, 0.6) is 0 Å². The Labute approximate surface area is 92.1 Å². The van der Waals surface area contributed by atoms with Crippen LogP contribution >= 0.6 is 7.75 Å². The van der Waals surface area contributed by atoms with Crippen molar-refractivity contribution < 1.29 is 18.5 Å². The lowest BCUT2D eigenvalue weighted by atomic mass is 10.3. The van der Waals surface area contributed by atoms with Crippen molar-refractivity contribution in [3.63, 3.8) is 0 Å². The lowest BCUT2D eigenvalue weighted by Crippen LogP contribution is -2.00. The number of nitro benzene ring substituents is 1. The van der Waals surface area contributed by atoms with Gasteiger partial charge in [0, 0.05) is 32.0 Å². The highest BCUT2D eigenvalue weighted by Crippen LogP contribution is 2.46. The van der Waals surface area contributed by atoms with Gasteiger partial charge in [-0.3, -0.25) is 24.2 Å². The summed E-state index contributed by atoms with van der Waals surface area (Å²) >= 11 is 0. The number of rotatable bonds is 5. The van der Waals surface area contributed by atoms with Crippen LogP contribution in [0.4, 0.5) is 11.4 Å². The first kappa shape index (κ1) is 12.6. The molecular weight excluding hydrogens is 235 g/mol. The van der Waals surface area contributed by atoms with Crippen LogP contribution < -0.4 is 5.09 Å². The maximum atomic E-state index is 11.6. The van der Waals surface area contributed by atoms with Crippen molar-refractivity contribution >= 4 is 19.1 Å². The minimum atomic E-state index is -3.36. The molecule has 0 saturated heterocycles. The molecule has 1 N–H and O–H groups in total. The molecule has 88 valence electrons. The van der Waals surface area contributed by atoms with Gasteiger partial charge in [-0.1, -0.05) is 0 Å². The van der Waals surface area contributed by atoms with Crippen molar-refractivity contribution in [3.05, 3.63) is 34.4 Å². The zero-order valence-electron chi connectivity index (χ0n) is 8.75.